The molecule has 0 aromatic heterocycles. The van der Waals surface area contributed by atoms with Crippen LogP contribution in [0.2, 0.25) is 10.0 Å². The number of nitrogens with zero attached hydrogens (tertiary/aromatic N) is 1. The number of hydrogen-bond acceptors (Lipinski definition) is 3. The first-order valence-electron chi connectivity index (χ1n) is 8.73. The second-order valence-electron chi connectivity index (χ2n) is 6.38. The van der Waals surface area contributed by atoms with Crippen LogP contribution in [-0.2, 0) is 11.3 Å². The SMILES string of the molecule is O=C(NCC1CCN(Cc2ccc(Cl)c(Cl)c2)CCO1)c1ccccc1. The van der Waals surface area contributed by atoms with Gasteiger partial charge in [0.2, 0.25) is 0 Å². The number of nitrogens with one attached hydrogen (secondary N) is 1. The highest BCUT2D eigenvalue weighted by Crippen LogP contribution is 2.23. The first-order valence-corrected chi connectivity index (χ1v) is 9.48. The van der Waals surface area contributed by atoms with Crippen molar-refractivity contribution in [3.05, 3.63) is 69.7 Å². The molecule has 138 valence electrons. The molecule has 1 atom stereocenters. The lowest BCUT2D eigenvalue weighted by Gasteiger charge is -2.19. The van der Waals surface area contributed by atoms with Gasteiger partial charge in [0.25, 0.3) is 5.91 Å². The minimum atomic E-state index is -0.0638. The Labute approximate surface area is 164 Å². The lowest BCUT2D eigenvalue weighted by atomic mass is 10.2. The summed E-state index contributed by atoms with van der Waals surface area (Å²) in [7, 11) is 0. The predicted octanol–water partition coefficient (Wildman–Crippen LogP) is 4.01. The van der Waals surface area contributed by atoms with Gasteiger partial charge in [0, 0.05) is 31.7 Å². The molecule has 0 bridgehead atoms. The number of halogens is 2. The molecule has 1 aliphatic rings. The maximum atomic E-state index is 12.1. The molecule has 1 unspecified atom stereocenters. The Balaban J connectivity index is 1.47. The van der Waals surface area contributed by atoms with Crippen molar-refractivity contribution in [1.29, 1.82) is 0 Å². The highest BCUT2D eigenvalue weighted by molar-refractivity contribution is 6.42. The lowest BCUT2D eigenvalue weighted by Crippen LogP contribution is -2.34. The Morgan fingerprint density at radius 1 is 1.12 bits per heavy atom. The monoisotopic (exact) mass is 392 g/mol. The molecule has 26 heavy (non-hydrogen) atoms. The number of amides is 1. The van der Waals surface area contributed by atoms with E-state index in [-0.39, 0.29) is 12.0 Å². The topological polar surface area (TPSA) is 41.6 Å². The van der Waals surface area contributed by atoms with Crippen molar-refractivity contribution in [3.8, 4) is 0 Å². The van der Waals surface area contributed by atoms with Gasteiger partial charge < -0.3 is 10.1 Å². The molecule has 0 radical (unpaired) electrons. The van der Waals surface area contributed by atoms with Gasteiger partial charge in [-0.15, -0.1) is 0 Å². The quantitative estimate of drug-likeness (QED) is 0.835. The van der Waals surface area contributed by atoms with Crippen LogP contribution < -0.4 is 5.32 Å². The molecule has 2 aromatic carbocycles. The van der Waals surface area contributed by atoms with Crippen LogP contribution in [-0.4, -0.2) is 43.2 Å². The summed E-state index contributed by atoms with van der Waals surface area (Å²) >= 11 is 12.1. The maximum absolute atomic E-state index is 12.1. The van der Waals surface area contributed by atoms with Gasteiger partial charge in [-0.05, 0) is 36.2 Å². The molecular formula is C20H22Cl2N2O2. The van der Waals surface area contributed by atoms with Crippen molar-refractivity contribution >= 4 is 29.1 Å². The Bertz CT molecular complexity index is 740. The maximum Gasteiger partial charge on any atom is 0.251 e. The molecule has 1 aliphatic heterocycles. The van der Waals surface area contributed by atoms with E-state index in [0.29, 0.717) is 28.8 Å². The van der Waals surface area contributed by atoms with Crippen LogP contribution in [0.25, 0.3) is 0 Å². The summed E-state index contributed by atoms with van der Waals surface area (Å²) < 4.78 is 5.90. The summed E-state index contributed by atoms with van der Waals surface area (Å²) in [4.78, 5) is 14.5. The van der Waals surface area contributed by atoms with Crippen LogP contribution in [0.1, 0.15) is 22.3 Å². The van der Waals surface area contributed by atoms with E-state index in [2.05, 4.69) is 10.2 Å². The van der Waals surface area contributed by atoms with E-state index in [9.17, 15) is 4.79 Å². The number of carbonyl (C=O) groups excluding carboxylic acids is 1. The van der Waals surface area contributed by atoms with Gasteiger partial charge in [0.05, 0.1) is 22.8 Å². The standard InChI is InChI=1S/C20H22Cl2N2O2/c21-18-7-6-15(12-19(18)22)14-24-9-8-17(26-11-10-24)13-23-20(25)16-4-2-1-3-5-16/h1-7,12,17H,8-11,13-14H2,(H,23,25). The van der Waals surface area contributed by atoms with E-state index < -0.39 is 0 Å². The number of ether oxygens (including phenoxy) is 1. The van der Waals surface area contributed by atoms with E-state index in [1.165, 1.54) is 0 Å². The zero-order chi connectivity index (χ0) is 18.4. The van der Waals surface area contributed by atoms with E-state index in [1.807, 2.05) is 48.5 Å². The second-order valence-corrected chi connectivity index (χ2v) is 7.20. The smallest absolute Gasteiger partial charge is 0.251 e. The average molecular weight is 393 g/mol. The van der Waals surface area contributed by atoms with Gasteiger partial charge in [-0.2, -0.15) is 0 Å². The minimum absolute atomic E-state index is 0.0291. The van der Waals surface area contributed by atoms with Crippen LogP contribution in [0.3, 0.4) is 0 Å². The molecule has 1 amide bonds. The van der Waals surface area contributed by atoms with Crippen LogP contribution in [0.4, 0.5) is 0 Å². The molecule has 1 heterocycles. The molecule has 0 aliphatic carbocycles. The van der Waals surface area contributed by atoms with Crippen molar-refractivity contribution in [2.75, 3.05) is 26.2 Å². The first-order chi connectivity index (χ1) is 12.6. The summed E-state index contributed by atoms with van der Waals surface area (Å²) in [5.74, 6) is -0.0638. The molecule has 0 spiro atoms. The lowest BCUT2D eigenvalue weighted by molar-refractivity contribution is 0.0584. The minimum Gasteiger partial charge on any atom is -0.375 e. The van der Waals surface area contributed by atoms with E-state index in [1.54, 1.807) is 0 Å². The van der Waals surface area contributed by atoms with Gasteiger partial charge in [-0.25, -0.2) is 0 Å². The van der Waals surface area contributed by atoms with Crippen LogP contribution >= 0.6 is 23.2 Å². The van der Waals surface area contributed by atoms with Gasteiger partial charge in [-0.1, -0.05) is 47.5 Å². The third-order valence-electron chi connectivity index (χ3n) is 4.44. The number of rotatable bonds is 5. The van der Waals surface area contributed by atoms with Gasteiger partial charge in [-0.3, -0.25) is 9.69 Å². The normalized spacial score (nSPS) is 18.3. The molecule has 1 fully saturated rings. The molecule has 1 saturated heterocycles. The van der Waals surface area contributed by atoms with Gasteiger partial charge in [0.15, 0.2) is 0 Å². The van der Waals surface area contributed by atoms with Gasteiger partial charge in [0.1, 0.15) is 0 Å². The van der Waals surface area contributed by atoms with E-state index in [4.69, 9.17) is 27.9 Å². The Kier molecular flexibility index (Phi) is 6.92. The fourth-order valence-electron chi connectivity index (χ4n) is 2.98. The molecule has 2 aromatic rings. The molecule has 1 N–H and O–H groups in total. The Hall–Kier alpha value is -1.59. The molecule has 3 rings (SSSR count). The third kappa shape index (κ3) is 5.45. The summed E-state index contributed by atoms with van der Waals surface area (Å²) in [6.07, 6.45) is 0.901. The van der Waals surface area contributed by atoms with Crippen molar-refractivity contribution < 1.29 is 9.53 Å². The van der Waals surface area contributed by atoms with Crippen molar-refractivity contribution in [2.45, 2.75) is 19.1 Å². The zero-order valence-corrected chi connectivity index (χ0v) is 16.0. The average Bonchev–Trinajstić information content (AvgIpc) is 2.89. The summed E-state index contributed by atoms with van der Waals surface area (Å²) in [5, 5.41) is 4.11. The van der Waals surface area contributed by atoms with Crippen molar-refractivity contribution in [3.63, 3.8) is 0 Å². The van der Waals surface area contributed by atoms with Crippen molar-refractivity contribution in [2.24, 2.45) is 0 Å². The summed E-state index contributed by atoms with van der Waals surface area (Å²) in [6, 6.07) is 15.0. The molecular weight excluding hydrogens is 371 g/mol. The Morgan fingerprint density at radius 2 is 1.92 bits per heavy atom. The second kappa shape index (κ2) is 9.38. The van der Waals surface area contributed by atoms with Crippen LogP contribution in [0, 0.1) is 0 Å². The largest absolute Gasteiger partial charge is 0.375 e. The van der Waals surface area contributed by atoms with E-state index in [0.717, 1.165) is 31.6 Å². The molecule has 6 heteroatoms. The van der Waals surface area contributed by atoms with Crippen LogP contribution in [0.5, 0.6) is 0 Å². The number of hydrogen-bond donors (Lipinski definition) is 1. The Morgan fingerprint density at radius 3 is 2.69 bits per heavy atom. The zero-order valence-electron chi connectivity index (χ0n) is 14.5. The number of carbonyl (C=O) groups is 1. The fourth-order valence-corrected chi connectivity index (χ4v) is 3.30. The van der Waals surface area contributed by atoms with E-state index >= 15 is 0 Å². The highest BCUT2D eigenvalue weighted by Gasteiger charge is 2.18. The van der Waals surface area contributed by atoms with Crippen molar-refractivity contribution in [1.82, 2.24) is 10.2 Å². The number of benzene rings is 2. The van der Waals surface area contributed by atoms with Gasteiger partial charge >= 0.3 is 0 Å². The summed E-state index contributed by atoms with van der Waals surface area (Å²) in [5.41, 5.74) is 1.80. The fraction of sp³-hybridized carbons (Fsp3) is 0.350. The predicted molar refractivity (Wildman–Crippen MR) is 105 cm³/mol. The highest BCUT2D eigenvalue weighted by atomic mass is 35.5. The molecule has 4 nitrogen and oxygen atoms in total. The van der Waals surface area contributed by atoms with Crippen LogP contribution in [0.15, 0.2) is 48.5 Å². The summed E-state index contributed by atoms with van der Waals surface area (Å²) in [6.45, 7) is 3.74. The first kappa shape index (κ1) is 19.2. The third-order valence-corrected chi connectivity index (χ3v) is 5.18. The molecule has 0 saturated carbocycles.